The van der Waals surface area contributed by atoms with Gasteiger partial charge in [0, 0.05) is 36.7 Å². The molecule has 0 aliphatic carbocycles. The highest BCUT2D eigenvalue weighted by Crippen LogP contribution is 2.17. The van der Waals surface area contributed by atoms with Crippen LogP contribution in [0.15, 0.2) is 36.4 Å². The van der Waals surface area contributed by atoms with E-state index in [0.717, 1.165) is 36.6 Å². The van der Waals surface area contributed by atoms with Gasteiger partial charge in [-0.15, -0.1) is 0 Å². The molecule has 196 valence electrons. The minimum absolute atomic E-state index is 0.0438. The van der Waals surface area contributed by atoms with Gasteiger partial charge in [0.1, 0.15) is 17.4 Å². The van der Waals surface area contributed by atoms with Crippen LogP contribution >= 0.6 is 0 Å². The average molecular weight is 503 g/mol. The first-order chi connectivity index (χ1) is 17.0. The van der Waals surface area contributed by atoms with Gasteiger partial charge in [-0.3, -0.25) is 9.59 Å². The minimum atomic E-state index is -1.13. The lowest BCUT2D eigenvalue weighted by atomic mass is 9.96. The van der Waals surface area contributed by atoms with E-state index in [0.29, 0.717) is 18.7 Å². The zero-order valence-corrected chi connectivity index (χ0v) is 21.4. The van der Waals surface area contributed by atoms with E-state index in [1.165, 1.54) is 13.0 Å². The molecule has 2 aromatic carbocycles. The van der Waals surface area contributed by atoms with Crippen LogP contribution in [0.2, 0.25) is 0 Å². The topological polar surface area (TPSA) is 86.7 Å². The van der Waals surface area contributed by atoms with Gasteiger partial charge in [0.25, 0.3) is 11.8 Å². The van der Waals surface area contributed by atoms with Crippen LogP contribution in [0.25, 0.3) is 0 Å². The second-order valence-corrected chi connectivity index (χ2v) is 9.25. The molecule has 0 saturated heterocycles. The fraction of sp³-hybridized carbons (Fsp3) is 0.464. The molecule has 2 N–H and O–H groups in total. The monoisotopic (exact) mass is 502 g/mol. The van der Waals surface area contributed by atoms with Crippen molar-refractivity contribution >= 4 is 17.6 Å². The fourth-order valence-corrected chi connectivity index (χ4v) is 4.15. The molecule has 2 atom stereocenters. The molecule has 6 nitrogen and oxygen atoms in total. The number of nitrogens with zero attached hydrogens (tertiary/aromatic N) is 1. The Morgan fingerprint density at radius 2 is 1.53 bits per heavy atom. The number of nitrogens with one attached hydrogen (secondary N) is 1. The number of carbonyl (C=O) groups excluding carboxylic acids is 3. The van der Waals surface area contributed by atoms with Crippen LogP contribution in [-0.2, 0) is 11.2 Å². The van der Waals surface area contributed by atoms with E-state index in [1.807, 2.05) is 13.8 Å². The Kier molecular flexibility index (Phi) is 11.2. The highest BCUT2D eigenvalue weighted by molar-refractivity contribution is 6.00. The molecule has 2 rings (SSSR count). The molecule has 0 bridgehead atoms. The predicted molar refractivity (Wildman–Crippen MR) is 135 cm³/mol. The van der Waals surface area contributed by atoms with Gasteiger partial charge in [0.15, 0.2) is 0 Å². The Morgan fingerprint density at radius 1 is 0.944 bits per heavy atom. The number of carbonyl (C=O) groups is 3. The maximum atomic E-state index is 13.7. The molecule has 0 aromatic heterocycles. The van der Waals surface area contributed by atoms with Crippen molar-refractivity contribution in [1.29, 1.82) is 0 Å². The zero-order chi connectivity index (χ0) is 26.8. The number of ketones is 1. The zero-order valence-electron chi connectivity index (χ0n) is 21.4. The third-order valence-electron chi connectivity index (χ3n) is 5.81. The number of Topliss-reactive ketones (excluding diaryl/α,β-unsaturated/α-hetero) is 1. The SMILES string of the molecule is CCCN(CCC)C(=O)c1cc(C)cc(C(=O)NC(Cc2cc(F)cc(F)c2)[C@@H](O)CCC(C)=O)c1. The summed E-state index contributed by atoms with van der Waals surface area (Å²) in [6.07, 6.45) is 0.631. The molecular weight excluding hydrogens is 466 g/mol. The maximum Gasteiger partial charge on any atom is 0.253 e. The summed E-state index contributed by atoms with van der Waals surface area (Å²) in [5.41, 5.74) is 1.61. The van der Waals surface area contributed by atoms with Crippen molar-refractivity contribution in [2.45, 2.75) is 71.9 Å². The summed E-state index contributed by atoms with van der Waals surface area (Å²) < 4.78 is 27.5. The summed E-state index contributed by atoms with van der Waals surface area (Å²) in [7, 11) is 0. The Labute approximate surface area is 211 Å². The van der Waals surface area contributed by atoms with Gasteiger partial charge in [-0.2, -0.15) is 0 Å². The molecule has 1 unspecified atom stereocenters. The van der Waals surface area contributed by atoms with Crippen LogP contribution in [0.1, 0.15) is 78.3 Å². The molecule has 8 heteroatoms. The number of aliphatic hydroxyl groups is 1. The molecule has 0 aliphatic rings. The summed E-state index contributed by atoms with van der Waals surface area (Å²) in [5.74, 6) is -2.35. The highest BCUT2D eigenvalue weighted by Gasteiger charge is 2.24. The van der Waals surface area contributed by atoms with Gasteiger partial charge >= 0.3 is 0 Å². The molecule has 0 saturated carbocycles. The fourth-order valence-electron chi connectivity index (χ4n) is 4.15. The lowest BCUT2D eigenvalue weighted by Crippen LogP contribution is -2.45. The van der Waals surface area contributed by atoms with E-state index in [-0.39, 0.29) is 42.1 Å². The van der Waals surface area contributed by atoms with Crippen molar-refractivity contribution in [3.05, 3.63) is 70.3 Å². The van der Waals surface area contributed by atoms with Gasteiger partial charge in [0.05, 0.1) is 12.1 Å². The molecule has 0 fully saturated rings. The van der Waals surface area contributed by atoms with Gasteiger partial charge in [-0.05, 0) is 81.0 Å². The van der Waals surface area contributed by atoms with E-state index in [1.54, 1.807) is 24.0 Å². The summed E-state index contributed by atoms with van der Waals surface area (Å²) in [4.78, 5) is 39.5. The normalized spacial score (nSPS) is 12.6. The van der Waals surface area contributed by atoms with Crippen molar-refractivity contribution in [2.24, 2.45) is 0 Å². The van der Waals surface area contributed by atoms with Gasteiger partial charge in [-0.25, -0.2) is 8.78 Å². The first kappa shape index (κ1) is 29.1. The number of halogens is 2. The van der Waals surface area contributed by atoms with E-state index in [2.05, 4.69) is 5.32 Å². The molecule has 0 radical (unpaired) electrons. The van der Waals surface area contributed by atoms with Crippen molar-refractivity contribution in [3.8, 4) is 0 Å². The number of rotatable bonds is 13. The Hall–Kier alpha value is -3.13. The highest BCUT2D eigenvalue weighted by atomic mass is 19.1. The van der Waals surface area contributed by atoms with Crippen molar-refractivity contribution in [3.63, 3.8) is 0 Å². The summed E-state index contributed by atoms with van der Waals surface area (Å²) in [6.45, 7) is 8.38. The van der Waals surface area contributed by atoms with Gasteiger partial charge in [0.2, 0.25) is 0 Å². The van der Waals surface area contributed by atoms with Crippen LogP contribution in [0.5, 0.6) is 0 Å². The number of aliphatic hydroxyl groups excluding tert-OH is 1. The van der Waals surface area contributed by atoms with E-state index in [9.17, 15) is 28.3 Å². The Balaban J connectivity index is 2.31. The summed E-state index contributed by atoms with van der Waals surface area (Å²) >= 11 is 0. The number of benzene rings is 2. The smallest absolute Gasteiger partial charge is 0.253 e. The molecule has 2 amide bonds. The van der Waals surface area contributed by atoms with Crippen LogP contribution in [0.4, 0.5) is 8.78 Å². The predicted octanol–water partition coefficient (Wildman–Crippen LogP) is 4.61. The Bertz CT molecular complexity index is 1050. The van der Waals surface area contributed by atoms with Crippen molar-refractivity contribution in [1.82, 2.24) is 10.2 Å². The molecule has 0 heterocycles. The van der Waals surface area contributed by atoms with Crippen molar-refractivity contribution in [2.75, 3.05) is 13.1 Å². The summed E-state index contributed by atoms with van der Waals surface area (Å²) in [5, 5.41) is 13.5. The van der Waals surface area contributed by atoms with Crippen LogP contribution in [-0.4, -0.2) is 52.8 Å². The quantitative estimate of drug-likeness (QED) is 0.419. The number of hydrogen-bond donors (Lipinski definition) is 2. The first-order valence-electron chi connectivity index (χ1n) is 12.4. The second kappa shape index (κ2) is 13.8. The van der Waals surface area contributed by atoms with Crippen molar-refractivity contribution < 1.29 is 28.3 Å². The average Bonchev–Trinajstić information content (AvgIpc) is 2.80. The third-order valence-corrected chi connectivity index (χ3v) is 5.81. The van der Waals surface area contributed by atoms with E-state index >= 15 is 0 Å². The number of hydrogen-bond acceptors (Lipinski definition) is 4. The number of aryl methyl sites for hydroxylation is 1. The lowest BCUT2D eigenvalue weighted by Gasteiger charge is -2.25. The minimum Gasteiger partial charge on any atom is -0.391 e. The third kappa shape index (κ3) is 8.82. The first-order valence-corrected chi connectivity index (χ1v) is 12.4. The number of amides is 2. The molecule has 2 aromatic rings. The molecular formula is C28H36F2N2O4. The van der Waals surface area contributed by atoms with Gasteiger partial charge in [-0.1, -0.05) is 13.8 Å². The molecule has 36 heavy (non-hydrogen) atoms. The van der Waals surface area contributed by atoms with E-state index in [4.69, 9.17) is 0 Å². The summed E-state index contributed by atoms with van der Waals surface area (Å²) in [6, 6.07) is 7.00. The van der Waals surface area contributed by atoms with Crippen LogP contribution < -0.4 is 5.32 Å². The van der Waals surface area contributed by atoms with Crippen LogP contribution in [0.3, 0.4) is 0 Å². The second-order valence-electron chi connectivity index (χ2n) is 9.25. The van der Waals surface area contributed by atoms with Crippen LogP contribution in [0, 0.1) is 18.6 Å². The maximum absolute atomic E-state index is 13.7. The van der Waals surface area contributed by atoms with Gasteiger partial charge < -0.3 is 20.1 Å². The van der Waals surface area contributed by atoms with E-state index < -0.39 is 29.7 Å². The standard InChI is InChI=1S/C28H36F2N2O4/c1-5-9-32(10-6-2)28(36)22-12-18(3)11-21(16-22)27(35)31-25(26(34)8-7-19(4)33)15-20-13-23(29)17-24(30)14-20/h11-14,16-17,25-26,34H,5-10,15H2,1-4H3,(H,31,35)/t25?,26-/m0/s1. The molecule has 0 spiro atoms. The Morgan fingerprint density at radius 3 is 2.08 bits per heavy atom. The molecule has 0 aliphatic heterocycles. The lowest BCUT2D eigenvalue weighted by molar-refractivity contribution is -0.117. The largest absolute Gasteiger partial charge is 0.391 e.